The van der Waals surface area contributed by atoms with Crippen molar-refractivity contribution in [3.63, 3.8) is 0 Å². The molecule has 0 aromatic heterocycles. The fourth-order valence-electron chi connectivity index (χ4n) is 1.40. The number of carbonyl (C=O) groups is 1. The molecule has 0 fully saturated rings. The van der Waals surface area contributed by atoms with Gasteiger partial charge in [-0.2, -0.15) is 0 Å². The quantitative estimate of drug-likeness (QED) is 0.878. The number of benzene rings is 1. The molecule has 0 radical (unpaired) electrons. The molecule has 1 rings (SSSR count). The lowest BCUT2D eigenvalue weighted by Gasteiger charge is -2.25. The van der Waals surface area contributed by atoms with E-state index in [9.17, 15) is 14.3 Å². The number of aliphatic hydroxyl groups excluding tert-OH is 1. The van der Waals surface area contributed by atoms with Crippen LogP contribution >= 0.6 is 0 Å². The Labute approximate surface area is 112 Å². The van der Waals surface area contributed by atoms with E-state index in [-0.39, 0.29) is 17.5 Å². The van der Waals surface area contributed by atoms with Gasteiger partial charge >= 0.3 is 0 Å². The zero-order valence-corrected chi connectivity index (χ0v) is 11.7. The van der Waals surface area contributed by atoms with Crippen molar-refractivity contribution in [2.45, 2.75) is 26.9 Å². The summed E-state index contributed by atoms with van der Waals surface area (Å²) in [6.45, 7) is 5.65. The first-order valence-electron chi connectivity index (χ1n) is 6.05. The minimum absolute atomic E-state index is 0.0677. The van der Waals surface area contributed by atoms with E-state index in [0.717, 1.165) is 6.07 Å². The van der Waals surface area contributed by atoms with Gasteiger partial charge in [0.05, 0.1) is 18.8 Å². The zero-order valence-electron chi connectivity index (χ0n) is 11.7. The van der Waals surface area contributed by atoms with Crippen molar-refractivity contribution >= 4 is 5.91 Å². The van der Waals surface area contributed by atoms with E-state index in [1.807, 2.05) is 20.8 Å². The fraction of sp³-hybridized carbons (Fsp3) is 0.500. The molecule has 1 amide bonds. The molecule has 4 nitrogen and oxygen atoms in total. The summed E-state index contributed by atoms with van der Waals surface area (Å²) in [5, 5.41) is 12.3. The summed E-state index contributed by atoms with van der Waals surface area (Å²) in [5.41, 5.74) is -0.409. The maximum Gasteiger partial charge on any atom is 0.254 e. The Hall–Kier alpha value is -1.62. The highest BCUT2D eigenvalue weighted by Crippen LogP contribution is 2.19. The molecule has 0 heterocycles. The van der Waals surface area contributed by atoms with Crippen LogP contribution in [0.5, 0.6) is 5.75 Å². The van der Waals surface area contributed by atoms with Crippen LogP contribution < -0.4 is 10.1 Å². The number of amides is 1. The topological polar surface area (TPSA) is 58.6 Å². The van der Waals surface area contributed by atoms with Gasteiger partial charge < -0.3 is 15.2 Å². The highest BCUT2D eigenvalue weighted by atomic mass is 19.1. The number of hydrogen-bond acceptors (Lipinski definition) is 3. The average Bonchev–Trinajstić information content (AvgIpc) is 2.34. The first-order chi connectivity index (χ1) is 8.75. The van der Waals surface area contributed by atoms with Gasteiger partial charge in [0.25, 0.3) is 5.91 Å². The van der Waals surface area contributed by atoms with Gasteiger partial charge in [-0.15, -0.1) is 0 Å². The van der Waals surface area contributed by atoms with Crippen LogP contribution in [0, 0.1) is 11.2 Å². The van der Waals surface area contributed by atoms with Crippen molar-refractivity contribution < 1.29 is 19.0 Å². The van der Waals surface area contributed by atoms with E-state index < -0.39 is 17.8 Å². The van der Waals surface area contributed by atoms with E-state index in [2.05, 4.69) is 5.32 Å². The maximum absolute atomic E-state index is 13.6. The Morgan fingerprint density at radius 2 is 2.11 bits per heavy atom. The standard InChI is InChI=1S/C14H20FNO3/c1-14(2,3)12(17)8-16-13(18)10-6-5-9(19-4)7-11(10)15/h5-7,12,17H,8H2,1-4H3,(H,16,18). The van der Waals surface area contributed by atoms with Gasteiger partial charge in [-0.3, -0.25) is 4.79 Å². The molecule has 0 bridgehead atoms. The summed E-state index contributed by atoms with van der Waals surface area (Å²) in [5.74, 6) is -0.852. The molecule has 5 heteroatoms. The normalized spacial score (nSPS) is 12.9. The molecule has 2 N–H and O–H groups in total. The second kappa shape index (κ2) is 6.02. The Kier molecular flexibility index (Phi) is 4.89. The zero-order chi connectivity index (χ0) is 14.6. The Morgan fingerprint density at radius 3 is 2.58 bits per heavy atom. The van der Waals surface area contributed by atoms with Crippen molar-refractivity contribution in [2.24, 2.45) is 5.41 Å². The third kappa shape index (κ3) is 4.21. The molecule has 1 aromatic carbocycles. The van der Waals surface area contributed by atoms with Gasteiger partial charge in [0.1, 0.15) is 11.6 Å². The smallest absolute Gasteiger partial charge is 0.254 e. The monoisotopic (exact) mass is 269 g/mol. The van der Waals surface area contributed by atoms with E-state index >= 15 is 0 Å². The molecule has 0 aliphatic carbocycles. The fourth-order valence-corrected chi connectivity index (χ4v) is 1.40. The molecule has 0 saturated carbocycles. The third-order valence-corrected chi connectivity index (χ3v) is 2.88. The summed E-state index contributed by atoms with van der Waals surface area (Å²) >= 11 is 0. The van der Waals surface area contributed by atoms with Crippen molar-refractivity contribution in [3.8, 4) is 5.75 Å². The molecule has 0 aliphatic heterocycles. The van der Waals surface area contributed by atoms with Gasteiger partial charge in [-0.25, -0.2) is 4.39 Å². The highest BCUT2D eigenvalue weighted by molar-refractivity contribution is 5.94. The Morgan fingerprint density at radius 1 is 1.47 bits per heavy atom. The molecule has 0 saturated heterocycles. The third-order valence-electron chi connectivity index (χ3n) is 2.88. The SMILES string of the molecule is COc1ccc(C(=O)NCC(O)C(C)(C)C)c(F)c1. The lowest BCUT2D eigenvalue weighted by molar-refractivity contribution is 0.0585. The van der Waals surface area contributed by atoms with E-state index in [1.165, 1.54) is 19.2 Å². The van der Waals surface area contributed by atoms with E-state index in [1.54, 1.807) is 0 Å². The number of hydrogen-bond donors (Lipinski definition) is 2. The van der Waals surface area contributed by atoms with Gasteiger partial charge in [0.15, 0.2) is 0 Å². The van der Waals surface area contributed by atoms with Crippen LogP contribution in [0.15, 0.2) is 18.2 Å². The molecule has 19 heavy (non-hydrogen) atoms. The summed E-state index contributed by atoms with van der Waals surface area (Å²) in [4.78, 5) is 11.8. The van der Waals surface area contributed by atoms with Gasteiger partial charge in [0, 0.05) is 12.6 Å². The van der Waals surface area contributed by atoms with Crippen LogP contribution in [0.1, 0.15) is 31.1 Å². The average molecular weight is 269 g/mol. The van der Waals surface area contributed by atoms with Crippen LogP contribution in [-0.4, -0.2) is 30.8 Å². The largest absolute Gasteiger partial charge is 0.497 e. The molecule has 1 unspecified atom stereocenters. The van der Waals surface area contributed by atoms with E-state index in [4.69, 9.17) is 4.74 Å². The van der Waals surface area contributed by atoms with E-state index in [0.29, 0.717) is 5.75 Å². The molecular weight excluding hydrogens is 249 g/mol. The minimum Gasteiger partial charge on any atom is -0.497 e. The predicted octanol–water partition coefficient (Wildman–Crippen LogP) is 1.97. The van der Waals surface area contributed by atoms with Crippen molar-refractivity contribution in [1.29, 1.82) is 0 Å². The molecule has 1 aromatic rings. The molecule has 0 spiro atoms. The van der Waals surface area contributed by atoms with Crippen molar-refractivity contribution in [1.82, 2.24) is 5.32 Å². The number of aliphatic hydroxyl groups is 1. The minimum atomic E-state index is -0.697. The first-order valence-corrected chi connectivity index (χ1v) is 6.05. The second-order valence-corrected chi connectivity index (χ2v) is 5.44. The van der Waals surface area contributed by atoms with Crippen LogP contribution in [-0.2, 0) is 0 Å². The lowest BCUT2D eigenvalue weighted by atomic mass is 9.89. The summed E-state index contributed by atoms with van der Waals surface area (Å²) in [6, 6.07) is 4.01. The molecular formula is C14H20FNO3. The van der Waals surface area contributed by atoms with Crippen LogP contribution in [0.3, 0.4) is 0 Å². The summed E-state index contributed by atoms with van der Waals surface area (Å²) < 4.78 is 18.5. The predicted molar refractivity (Wildman–Crippen MR) is 70.7 cm³/mol. The number of ether oxygens (including phenoxy) is 1. The Bertz CT molecular complexity index is 454. The number of carbonyl (C=O) groups excluding carboxylic acids is 1. The number of methoxy groups -OCH3 is 1. The van der Waals surface area contributed by atoms with Crippen LogP contribution in [0.4, 0.5) is 4.39 Å². The van der Waals surface area contributed by atoms with Gasteiger partial charge in [0.2, 0.25) is 0 Å². The summed E-state index contributed by atoms with van der Waals surface area (Å²) in [7, 11) is 1.42. The van der Waals surface area contributed by atoms with Crippen LogP contribution in [0.25, 0.3) is 0 Å². The number of halogens is 1. The molecule has 0 aliphatic rings. The Balaban J connectivity index is 2.69. The summed E-state index contributed by atoms with van der Waals surface area (Å²) in [6.07, 6.45) is -0.697. The lowest BCUT2D eigenvalue weighted by Crippen LogP contribution is -2.39. The van der Waals surface area contributed by atoms with Gasteiger partial charge in [-0.1, -0.05) is 20.8 Å². The first kappa shape index (κ1) is 15.4. The van der Waals surface area contributed by atoms with Crippen molar-refractivity contribution in [2.75, 3.05) is 13.7 Å². The maximum atomic E-state index is 13.6. The number of rotatable bonds is 4. The van der Waals surface area contributed by atoms with Crippen LogP contribution in [0.2, 0.25) is 0 Å². The second-order valence-electron chi connectivity index (χ2n) is 5.44. The number of nitrogens with one attached hydrogen (secondary N) is 1. The van der Waals surface area contributed by atoms with Gasteiger partial charge in [-0.05, 0) is 17.5 Å². The highest BCUT2D eigenvalue weighted by Gasteiger charge is 2.23. The molecule has 1 atom stereocenters. The molecule has 106 valence electrons. The van der Waals surface area contributed by atoms with Crippen molar-refractivity contribution in [3.05, 3.63) is 29.6 Å².